The van der Waals surface area contributed by atoms with E-state index in [1.165, 1.54) is 32.1 Å². The molecule has 0 amide bonds. The maximum Gasteiger partial charge on any atom is 0.331 e. The molecule has 0 aromatic rings. The molecule has 2 fully saturated rings. The number of carboxylic acids is 1. The largest absolute Gasteiger partial charge is 0.478 e. The lowest BCUT2D eigenvalue weighted by atomic mass is 9.64. The van der Waals surface area contributed by atoms with E-state index in [-0.39, 0.29) is 5.92 Å². The summed E-state index contributed by atoms with van der Waals surface area (Å²) in [6.07, 6.45) is 10.2. The molecule has 2 aliphatic carbocycles. The van der Waals surface area contributed by atoms with Gasteiger partial charge in [-0.15, -0.1) is 0 Å². The summed E-state index contributed by atoms with van der Waals surface area (Å²) in [4.78, 5) is 12.6. The van der Waals surface area contributed by atoms with Crippen molar-refractivity contribution in [3.63, 3.8) is 0 Å². The average molecular weight is 460 g/mol. The van der Waals surface area contributed by atoms with Gasteiger partial charge in [0.2, 0.25) is 0 Å². The third kappa shape index (κ3) is 8.84. The van der Waals surface area contributed by atoms with E-state index in [0.717, 1.165) is 31.1 Å². The fraction of sp³-hybridized carbons (Fsp3) is 0.800. The van der Waals surface area contributed by atoms with Gasteiger partial charge in [0, 0.05) is 5.57 Å². The Kier molecular flexibility index (Phi) is 17.2. The number of carbonyl (C=O) groups is 1. The van der Waals surface area contributed by atoms with Gasteiger partial charge in [0.05, 0.1) is 0 Å². The molecule has 4 unspecified atom stereocenters. The van der Waals surface area contributed by atoms with Crippen molar-refractivity contribution in [2.45, 2.75) is 107 Å². The summed E-state index contributed by atoms with van der Waals surface area (Å²) in [5.41, 5.74) is 2.63. The van der Waals surface area contributed by atoms with Gasteiger partial charge >= 0.3 is 5.97 Å². The molecule has 0 bridgehead atoms. The number of halogens is 1. The molecule has 2 rings (SSSR count). The first-order valence-electron chi connectivity index (χ1n) is 11.5. The highest BCUT2D eigenvalue weighted by Crippen LogP contribution is 2.57. The second-order valence-electron chi connectivity index (χ2n) is 7.95. The minimum Gasteiger partial charge on any atom is -0.478 e. The normalized spacial score (nSPS) is 27.7. The summed E-state index contributed by atoms with van der Waals surface area (Å²) in [7, 11) is 0. The third-order valence-electron chi connectivity index (χ3n) is 6.44. The van der Waals surface area contributed by atoms with Gasteiger partial charge in [-0.25, -0.2) is 4.79 Å². The zero-order valence-electron chi connectivity index (χ0n) is 19.9. The minimum atomic E-state index is -0.867. The third-order valence-corrected chi connectivity index (χ3v) is 7.03. The first-order valence-corrected chi connectivity index (χ1v) is 12.4. The highest BCUT2D eigenvalue weighted by molar-refractivity contribution is 9.11. The van der Waals surface area contributed by atoms with Gasteiger partial charge in [0.25, 0.3) is 0 Å². The molecule has 0 aromatic heterocycles. The smallest absolute Gasteiger partial charge is 0.331 e. The first kappa shape index (κ1) is 29.6. The van der Waals surface area contributed by atoms with Crippen LogP contribution in [0.25, 0.3) is 0 Å². The van der Waals surface area contributed by atoms with Crippen LogP contribution in [0.4, 0.5) is 0 Å². The standard InChI is InChI=1S/C12H19Br.C9H16O2.2C2H6/c1-9-5-6-11-10(8-13)4-3-7-12(9,11)2;1-4-5-6-7(2)8(3)9(10)11;2*1-2/h8-9,11H,3-7H2,1-2H3;7H,3-6H2,1-2H3,(H,10,11);2*1-2H3/b10-8+;;;. The van der Waals surface area contributed by atoms with Crippen LogP contribution in [0.1, 0.15) is 107 Å². The van der Waals surface area contributed by atoms with Crippen molar-refractivity contribution in [1.82, 2.24) is 0 Å². The fourth-order valence-electron chi connectivity index (χ4n) is 4.32. The second-order valence-corrected chi connectivity index (χ2v) is 8.41. The van der Waals surface area contributed by atoms with Crippen LogP contribution in [0.5, 0.6) is 0 Å². The summed E-state index contributed by atoms with van der Waals surface area (Å²) >= 11 is 3.53. The number of hydrogen-bond donors (Lipinski definition) is 1. The predicted molar refractivity (Wildman–Crippen MR) is 129 cm³/mol. The highest BCUT2D eigenvalue weighted by atomic mass is 79.9. The van der Waals surface area contributed by atoms with Crippen LogP contribution in [-0.4, -0.2) is 11.1 Å². The second kappa shape index (κ2) is 16.3. The van der Waals surface area contributed by atoms with Crippen LogP contribution in [-0.2, 0) is 4.79 Å². The van der Waals surface area contributed by atoms with Gasteiger partial charge < -0.3 is 5.11 Å². The van der Waals surface area contributed by atoms with E-state index in [9.17, 15) is 4.79 Å². The number of fused-ring (bicyclic) bond motifs is 1. The van der Waals surface area contributed by atoms with E-state index >= 15 is 0 Å². The van der Waals surface area contributed by atoms with Gasteiger partial charge in [-0.3, -0.25) is 0 Å². The number of allylic oxidation sites excluding steroid dienone is 1. The topological polar surface area (TPSA) is 37.3 Å². The summed E-state index contributed by atoms with van der Waals surface area (Å²) in [6, 6.07) is 0. The van der Waals surface area contributed by atoms with E-state index in [4.69, 9.17) is 5.11 Å². The molecule has 1 N–H and O–H groups in total. The van der Waals surface area contributed by atoms with Crippen molar-refractivity contribution in [3.8, 4) is 0 Å². The maximum atomic E-state index is 10.4. The zero-order valence-corrected chi connectivity index (χ0v) is 21.5. The van der Waals surface area contributed by atoms with E-state index in [1.807, 2.05) is 34.6 Å². The van der Waals surface area contributed by atoms with Gasteiger partial charge in [-0.05, 0) is 66.7 Å². The number of carboxylic acid groups (broad SMARTS) is 1. The summed E-state index contributed by atoms with van der Waals surface area (Å²) in [6.45, 7) is 20.5. The van der Waals surface area contributed by atoms with Crippen molar-refractivity contribution in [3.05, 3.63) is 22.7 Å². The molecule has 28 heavy (non-hydrogen) atoms. The lowest BCUT2D eigenvalue weighted by Crippen LogP contribution is -2.31. The molecule has 166 valence electrons. The SMILES string of the molecule is C=C(C(=O)O)C(C)CCCC.CC.CC.CC1CCC2/C(=C/Br)CCCC12C. The van der Waals surface area contributed by atoms with Crippen LogP contribution in [0.3, 0.4) is 0 Å². The van der Waals surface area contributed by atoms with E-state index in [2.05, 4.69) is 48.3 Å². The van der Waals surface area contributed by atoms with E-state index < -0.39 is 5.97 Å². The summed E-state index contributed by atoms with van der Waals surface area (Å²) < 4.78 is 0. The number of unbranched alkanes of at least 4 members (excludes halogenated alkanes) is 1. The van der Waals surface area contributed by atoms with Crippen molar-refractivity contribution >= 4 is 21.9 Å². The molecule has 0 aliphatic heterocycles. The van der Waals surface area contributed by atoms with Crippen molar-refractivity contribution in [1.29, 1.82) is 0 Å². The number of rotatable bonds is 5. The summed E-state index contributed by atoms with van der Waals surface area (Å²) in [5.74, 6) is 1.07. The molecule has 0 radical (unpaired) electrons. The molecule has 0 heterocycles. The molecule has 0 spiro atoms. The highest BCUT2D eigenvalue weighted by Gasteiger charge is 2.46. The Morgan fingerprint density at radius 2 is 1.89 bits per heavy atom. The van der Waals surface area contributed by atoms with Crippen molar-refractivity contribution in [2.24, 2.45) is 23.2 Å². The van der Waals surface area contributed by atoms with Crippen LogP contribution in [0.15, 0.2) is 22.7 Å². The lowest BCUT2D eigenvalue weighted by molar-refractivity contribution is -0.133. The Bertz CT molecular complexity index is 469. The molecule has 3 heteroatoms. The molecule has 2 saturated carbocycles. The van der Waals surface area contributed by atoms with Crippen LogP contribution < -0.4 is 0 Å². The summed E-state index contributed by atoms with van der Waals surface area (Å²) in [5, 5.41) is 8.55. The predicted octanol–water partition coefficient (Wildman–Crippen LogP) is 9.01. The Balaban J connectivity index is 0. The molecule has 4 atom stereocenters. The van der Waals surface area contributed by atoms with E-state index in [0.29, 0.717) is 11.0 Å². The number of aliphatic carboxylic acids is 1. The zero-order chi connectivity index (χ0) is 22.3. The Hall–Kier alpha value is -0.570. The van der Waals surface area contributed by atoms with Crippen LogP contribution in [0.2, 0.25) is 0 Å². The van der Waals surface area contributed by atoms with Crippen molar-refractivity contribution < 1.29 is 9.90 Å². The van der Waals surface area contributed by atoms with Crippen molar-refractivity contribution in [2.75, 3.05) is 0 Å². The Morgan fingerprint density at radius 1 is 1.32 bits per heavy atom. The quantitative estimate of drug-likeness (QED) is 0.417. The molecule has 0 saturated heterocycles. The number of hydrogen-bond acceptors (Lipinski definition) is 1. The lowest BCUT2D eigenvalue weighted by Gasteiger charge is -2.41. The molecular weight excluding hydrogens is 412 g/mol. The minimum absolute atomic E-state index is 0.118. The van der Waals surface area contributed by atoms with Crippen LogP contribution >= 0.6 is 15.9 Å². The first-order chi connectivity index (χ1) is 13.3. The average Bonchev–Trinajstić information content (AvgIpc) is 3.03. The van der Waals surface area contributed by atoms with E-state index in [1.54, 1.807) is 5.57 Å². The molecule has 0 aromatic carbocycles. The Labute approximate surface area is 184 Å². The molecular formula is C25H47BrO2. The van der Waals surface area contributed by atoms with Crippen LogP contribution in [0, 0.1) is 23.2 Å². The van der Waals surface area contributed by atoms with Gasteiger partial charge in [0.1, 0.15) is 0 Å². The monoisotopic (exact) mass is 458 g/mol. The molecule has 2 nitrogen and oxygen atoms in total. The molecule has 2 aliphatic rings. The Morgan fingerprint density at radius 3 is 2.36 bits per heavy atom. The fourth-order valence-corrected chi connectivity index (χ4v) is 4.87. The van der Waals surface area contributed by atoms with Gasteiger partial charge in [-0.2, -0.15) is 0 Å². The van der Waals surface area contributed by atoms with Gasteiger partial charge in [0.15, 0.2) is 0 Å². The maximum absolute atomic E-state index is 10.4. The van der Waals surface area contributed by atoms with Gasteiger partial charge in [-0.1, -0.05) is 96.3 Å².